The molecule has 0 unspecified atom stereocenters. The van der Waals surface area contributed by atoms with E-state index in [1.807, 2.05) is 56.3 Å². The Bertz CT molecular complexity index is 1170. The van der Waals surface area contributed by atoms with Crippen LogP contribution in [0.5, 0.6) is 5.75 Å². The van der Waals surface area contributed by atoms with Crippen LogP contribution >= 0.6 is 0 Å². The van der Waals surface area contributed by atoms with Gasteiger partial charge in [-0.3, -0.25) is 9.59 Å². The number of hydrogen-bond donors (Lipinski definition) is 2. The Hall–Kier alpha value is -3.87. The molecule has 2 aromatic carbocycles. The summed E-state index contributed by atoms with van der Waals surface area (Å²) < 4.78 is 11.4. The van der Waals surface area contributed by atoms with Gasteiger partial charge in [-0.15, -0.1) is 0 Å². The fourth-order valence-electron chi connectivity index (χ4n) is 3.74. The van der Waals surface area contributed by atoms with Crippen molar-refractivity contribution in [1.29, 1.82) is 0 Å². The van der Waals surface area contributed by atoms with E-state index in [9.17, 15) is 9.59 Å². The van der Waals surface area contributed by atoms with E-state index in [0.717, 1.165) is 35.3 Å². The summed E-state index contributed by atoms with van der Waals surface area (Å²) >= 11 is 0. The molecule has 7 nitrogen and oxygen atoms in total. The Morgan fingerprint density at radius 3 is 2.66 bits per heavy atom. The van der Waals surface area contributed by atoms with Gasteiger partial charge in [0.2, 0.25) is 0 Å². The van der Waals surface area contributed by atoms with Crippen molar-refractivity contribution in [2.24, 2.45) is 5.10 Å². The normalized spacial score (nSPS) is 14.0. The second-order valence-corrected chi connectivity index (χ2v) is 7.73. The molecule has 1 aliphatic rings. The number of nitrogens with one attached hydrogen (secondary N) is 2. The van der Waals surface area contributed by atoms with Crippen molar-refractivity contribution in [1.82, 2.24) is 5.43 Å². The van der Waals surface area contributed by atoms with Crippen molar-refractivity contribution < 1.29 is 18.7 Å². The molecule has 1 heterocycles. The van der Waals surface area contributed by atoms with E-state index in [1.54, 1.807) is 12.1 Å². The number of rotatable bonds is 6. The number of furan rings is 1. The van der Waals surface area contributed by atoms with Crippen LogP contribution < -0.4 is 15.5 Å². The summed E-state index contributed by atoms with van der Waals surface area (Å²) in [6, 6.07) is 16.7. The predicted molar refractivity (Wildman–Crippen MR) is 122 cm³/mol. The maximum absolute atomic E-state index is 12.8. The number of aryl methyl sites for hydroxylation is 2. The maximum Gasteiger partial charge on any atom is 0.291 e. The summed E-state index contributed by atoms with van der Waals surface area (Å²) in [4.78, 5) is 25.0. The van der Waals surface area contributed by atoms with Crippen LogP contribution in [0, 0.1) is 13.8 Å². The number of benzene rings is 2. The molecule has 0 spiro atoms. The first-order valence-electron chi connectivity index (χ1n) is 10.5. The highest BCUT2D eigenvalue weighted by Crippen LogP contribution is 2.30. The highest BCUT2D eigenvalue weighted by molar-refractivity contribution is 6.09. The van der Waals surface area contributed by atoms with Gasteiger partial charge in [-0.2, -0.15) is 5.10 Å². The minimum absolute atomic E-state index is 0.137. The molecule has 32 heavy (non-hydrogen) atoms. The third-order valence-corrected chi connectivity index (χ3v) is 5.24. The number of amides is 2. The fraction of sp³-hybridized carbons (Fsp3) is 0.240. The lowest BCUT2D eigenvalue weighted by atomic mass is 9.93. The molecule has 0 fully saturated rings. The Labute approximate surface area is 186 Å². The Balaban J connectivity index is 1.46. The average molecular weight is 431 g/mol. The molecule has 4 rings (SSSR count). The number of carbonyl (C=O) groups is 2. The highest BCUT2D eigenvalue weighted by Gasteiger charge is 2.28. The zero-order valence-corrected chi connectivity index (χ0v) is 18.1. The van der Waals surface area contributed by atoms with Gasteiger partial charge in [0.25, 0.3) is 11.8 Å². The summed E-state index contributed by atoms with van der Waals surface area (Å²) in [5.74, 6) is 0.945. The van der Waals surface area contributed by atoms with Gasteiger partial charge in [-0.25, -0.2) is 5.43 Å². The second kappa shape index (κ2) is 9.51. The Morgan fingerprint density at radius 1 is 1.06 bits per heavy atom. The first-order valence-corrected chi connectivity index (χ1v) is 10.5. The number of nitrogens with zero attached hydrogens (tertiary/aromatic N) is 1. The molecule has 2 amide bonds. The van der Waals surface area contributed by atoms with Gasteiger partial charge >= 0.3 is 0 Å². The number of ether oxygens (including phenoxy) is 1. The van der Waals surface area contributed by atoms with Crippen LogP contribution in [0.1, 0.15) is 45.8 Å². The number of hydrazone groups is 1. The summed E-state index contributed by atoms with van der Waals surface area (Å²) in [6.45, 7) is 3.67. The molecule has 0 aliphatic heterocycles. The number of carbonyl (C=O) groups excluding carboxylic acids is 2. The van der Waals surface area contributed by atoms with Gasteiger partial charge in [0.1, 0.15) is 11.5 Å². The lowest BCUT2D eigenvalue weighted by Gasteiger charge is -2.13. The summed E-state index contributed by atoms with van der Waals surface area (Å²) in [7, 11) is 0. The van der Waals surface area contributed by atoms with Crippen molar-refractivity contribution in [3.05, 3.63) is 82.8 Å². The first-order chi connectivity index (χ1) is 15.5. The number of para-hydroxylation sites is 1. The molecule has 3 aromatic rings. The van der Waals surface area contributed by atoms with Crippen molar-refractivity contribution in [2.45, 2.75) is 33.1 Å². The van der Waals surface area contributed by atoms with E-state index >= 15 is 0 Å². The van der Waals surface area contributed by atoms with Crippen molar-refractivity contribution >= 4 is 23.2 Å². The van der Waals surface area contributed by atoms with Gasteiger partial charge in [-0.05, 0) is 56.5 Å². The van der Waals surface area contributed by atoms with E-state index in [4.69, 9.17) is 9.15 Å². The molecule has 0 atom stereocenters. The van der Waals surface area contributed by atoms with E-state index in [-0.39, 0.29) is 24.2 Å². The van der Waals surface area contributed by atoms with Gasteiger partial charge in [0, 0.05) is 23.2 Å². The number of fused-ring (bicyclic) bond motifs is 1. The third kappa shape index (κ3) is 4.88. The van der Waals surface area contributed by atoms with Crippen LogP contribution in [0.15, 0.2) is 64.1 Å². The lowest BCUT2D eigenvalue weighted by Crippen LogP contribution is -2.27. The van der Waals surface area contributed by atoms with Crippen LogP contribution in [0.2, 0.25) is 0 Å². The van der Waals surface area contributed by atoms with Crippen molar-refractivity contribution in [3.8, 4) is 5.75 Å². The first kappa shape index (κ1) is 21.4. The van der Waals surface area contributed by atoms with Crippen LogP contribution in [0.25, 0.3) is 0 Å². The van der Waals surface area contributed by atoms with E-state index in [1.165, 1.54) is 0 Å². The SMILES string of the molecule is Cc1cccc(NC(=O)c2oc3c(c2C)/C(=N/NC(=O)COc2ccccc2)CCC3)c1. The molecular weight excluding hydrogens is 406 g/mol. The monoisotopic (exact) mass is 431 g/mol. The fourth-order valence-corrected chi connectivity index (χ4v) is 3.74. The van der Waals surface area contributed by atoms with Crippen LogP contribution in [0.3, 0.4) is 0 Å². The average Bonchev–Trinajstić information content (AvgIpc) is 3.14. The summed E-state index contributed by atoms with van der Waals surface area (Å²) in [5.41, 5.74) is 6.55. The summed E-state index contributed by atoms with van der Waals surface area (Å²) in [6.07, 6.45) is 2.23. The number of hydrogen-bond acceptors (Lipinski definition) is 5. The smallest absolute Gasteiger partial charge is 0.291 e. The molecule has 0 saturated heterocycles. The van der Waals surface area contributed by atoms with E-state index in [0.29, 0.717) is 23.6 Å². The van der Waals surface area contributed by atoms with Crippen LogP contribution in [0.4, 0.5) is 5.69 Å². The quantitative estimate of drug-likeness (QED) is 0.567. The standard InChI is InChI=1S/C25H25N3O4/c1-16-8-6-9-18(14-16)26-25(30)24-17(2)23-20(12-7-13-21(23)32-24)27-28-22(29)15-31-19-10-4-3-5-11-19/h3-6,8-11,14H,7,12-13,15H2,1-2H3,(H,26,30)(H,28,29)/b27-20+. The zero-order valence-electron chi connectivity index (χ0n) is 18.1. The highest BCUT2D eigenvalue weighted by atomic mass is 16.5. The predicted octanol–water partition coefficient (Wildman–Crippen LogP) is 4.38. The van der Waals surface area contributed by atoms with Gasteiger partial charge in [-0.1, -0.05) is 30.3 Å². The van der Waals surface area contributed by atoms with Gasteiger partial charge in [0.15, 0.2) is 12.4 Å². The molecule has 1 aliphatic carbocycles. The molecule has 164 valence electrons. The minimum atomic E-state index is -0.355. The molecule has 0 saturated carbocycles. The minimum Gasteiger partial charge on any atom is -0.484 e. The summed E-state index contributed by atoms with van der Waals surface area (Å²) in [5, 5.41) is 7.20. The van der Waals surface area contributed by atoms with Crippen molar-refractivity contribution in [3.63, 3.8) is 0 Å². The molecule has 7 heteroatoms. The topological polar surface area (TPSA) is 92.9 Å². The Morgan fingerprint density at radius 2 is 1.88 bits per heavy atom. The molecular formula is C25H25N3O4. The molecule has 1 aromatic heterocycles. The maximum atomic E-state index is 12.8. The largest absolute Gasteiger partial charge is 0.484 e. The molecule has 2 N–H and O–H groups in total. The number of anilines is 1. The lowest BCUT2D eigenvalue weighted by molar-refractivity contribution is -0.123. The second-order valence-electron chi connectivity index (χ2n) is 7.73. The van der Waals surface area contributed by atoms with E-state index < -0.39 is 0 Å². The van der Waals surface area contributed by atoms with Gasteiger partial charge in [0.05, 0.1) is 5.71 Å². The van der Waals surface area contributed by atoms with Crippen LogP contribution in [-0.2, 0) is 11.2 Å². The zero-order chi connectivity index (χ0) is 22.5. The van der Waals surface area contributed by atoms with Gasteiger partial charge < -0.3 is 14.5 Å². The van der Waals surface area contributed by atoms with E-state index in [2.05, 4.69) is 15.8 Å². The van der Waals surface area contributed by atoms with Crippen LogP contribution in [-0.4, -0.2) is 24.1 Å². The molecule has 0 radical (unpaired) electrons. The molecule has 0 bridgehead atoms. The third-order valence-electron chi connectivity index (χ3n) is 5.24. The Kier molecular flexibility index (Phi) is 6.35. The van der Waals surface area contributed by atoms with Crippen molar-refractivity contribution in [2.75, 3.05) is 11.9 Å².